The van der Waals surface area contributed by atoms with E-state index < -0.39 is 0 Å². The zero-order valence-corrected chi connectivity index (χ0v) is 70.6. The van der Waals surface area contributed by atoms with Gasteiger partial charge in [0, 0.05) is 87.9 Å². The van der Waals surface area contributed by atoms with Crippen LogP contribution in [0.1, 0.15) is 210 Å². The van der Waals surface area contributed by atoms with Gasteiger partial charge in [-0.15, -0.1) is 22.7 Å². The predicted octanol–water partition coefficient (Wildman–Crippen LogP) is 27.8. The van der Waals surface area contributed by atoms with Crippen LogP contribution in [0.2, 0.25) is 0 Å². The molecule has 2 aliphatic rings. The van der Waals surface area contributed by atoms with Crippen LogP contribution in [-0.4, -0.2) is 83.8 Å². The van der Waals surface area contributed by atoms with Crippen LogP contribution in [0.3, 0.4) is 0 Å². The first-order valence-electron chi connectivity index (χ1n) is 41.9. The van der Waals surface area contributed by atoms with Gasteiger partial charge in [-0.05, 0) is 191 Å². The van der Waals surface area contributed by atoms with E-state index in [0.29, 0.717) is 46.1 Å². The second-order valence-corrected chi connectivity index (χ2v) is 33.8. The van der Waals surface area contributed by atoms with Crippen molar-refractivity contribution in [2.75, 3.05) is 32.9 Å². The van der Waals surface area contributed by atoms with Crippen LogP contribution in [0.4, 0.5) is 0 Å². The normalized spacial score (nSPS) is 12.6. The highest BCUT2D eigenvalue weighted by molar-refractivity contribution is 7.19. The molecule has 0 aliphatic carbocycles. The maximum atomic E-state index is 13.5. The minimum atomic E-state index is -0.243. The molecule has 2 aliphatic heterocycles. The molecule has 17 rings (SSSR count). The maximum absolute atomic E-state index is 13.5. The lowest BCUT2D eigenvalue weighted by atomic mass is 9.82. The Morgan fingerprint density at radius 1 is 0.267 bits per heavy atom. The molecular formula is C99H100N6O7S4. The van der Waals surface area contributed by atoms with Crippen LogP contribution in [-0.2, 0) is 0 Å². The molecule has 0 saturated carbocycles. The highest BCUT2D eigenvalue weighted by atomic mass is 32.1. The number of rotatable bonds is 34. The number of aryl methyl sites for hydroxylation is 1. The number of ether oxygens (including phenoxy) is 3. The molecule has 0 atom stereocenters. The van der Waals surface area contributed by atoms with Crippen LogP contribution in [0.5, 0.6) is 17.2 Å². The van der Waals surface area contributed by atoms with E-state index in [1.807, 2.05) is 48.5 Å². The molecule has 0 bridgehead atoms. The summed E-state index contributed by atoms with van der Waals surface area (Å²) in [4.78, 5) is 61.8. The van der Waals surface area contributed by atoms with Crippen molar-refractivity contribution in [3.63, 3.8) is 0 Å². The van der Waals surface area contributed by atoms with E-state index >= 15 is 0 Å². The van der Waals surface area contributed by atoms with Gasteiger partial charge in [0.05, 0.1) is 43.3 Å². The zero-order chi connectivity index (χ0) is 80.0. The van der Waals surface area contributed by atoms with E-state index in [-0.39, 0.29) is 23.6 Å². The number of unbranched alkanes of at least 4 members (excludes halogenated alkanes) is 15. The molecule has 11 aromatic carbocycles. The molecule has 15 aromatic rings. The average molecular weight is 1610 g/mol. The molecule has 0 saturated heterocycles. The fourth-order valence-electron chi connectivity index (χ4n) is 16.1. The Morgan fingerprint density at radius 3 is 0.914 bits per heavy atom. The first-order valence-corrected chi connectivity index (χ1v) is 45.0. The molecule has 4 amide bonds. The second kappa shape index (κ2) is 38.0. The fourth-order valence-corrected chi connectivity index (χ4v) is 19.3. The van der Waals surface area contributed by atoms with Gasteiger partial charge in [-0.2, -0.15) is 17.5 Å². The molecule has 0 fully saturated rings. The van der Waals surface area contributed by atoms with Crippen molar-refractivity contribution in [2.24, 2.45) is 0 Å². The topological polar surface area (TPSA) is 154 Å². The minimum absolute atomic E-state index is 0.243. The molecule has 0 N–H and O–H groups in total. The largest absolute Gasteiger partial charge is 0.494 e. The Hall–Kier alpha value is -10.6. The Bertz CT molecular complexity index is 5590. The Morgan fingerprint density at radius 2 is 0.552 bits per heavy atom. The molecule has 116 heavy (non-hydrogen) atoms. The molecule has 0 unspecified atom stereocenters. The Labute approximate surface area is 696 Å². The van der Waals surface area contributed by atoms with Crippen LogP contribution < -0.4 is 14.2 Å². The summed E-state index contributed by atoms with van der Waals surface area (Å²) in [6, 6.07) is 66.6. The number of fused-ring (bicyclic) bond motifs is 4. The molecule has 6 heterocycles. The third kappa shape index (κ3) is 17.3. The third-order valence-electron chi connectivity index (χ3n) is 22.5. The van der Waals surface area contributed by atoms with Crippen molar-refractivity contribution in [3.8, 4) is 81.3 Å². The van der Waals surface area contributed by atoms with Crippen molar-refractivity contribution < 1.29 is 33.4 Å². The van der Waals surface area contributed by atoms with Crippen molar-refractivity contribution in [1.82, 2.24) is 27.3 Å². The van der Waals surface area contributed by atoms with Crippen molar-refractivity contribution in [3.05, 3.63) is 222 Å². The molecule has 13 nitrogen and oxygen atoms in total. The van der Waals surface area contributed by atoms with E-state index in [1.54, 1.807) is 22.7 Å². The van der Waals surface area contributed by atoms with Gasteiger partial charge in [0.25, 0.3) is 23.6 Å². The smallest absolute Gasteiger partial charge is 0.261 e. The first-order chi connectivity index (χ1) is 57.0. The number of hydrogen-bond acceptors (Lipinski definition) is 15. The summed E-state index contributed by atoms with van der Waals surface area (Å²) in [6.07, 6.45) is 23.0. The first kappa shape index (κ1) is 80.6. The van der Waals surface area contributed by atoms with Gasteiger partial charge < -0.3 is 14.2 Å². The lowest BCUT2D eigenvalue weighted by Gasteiger charge is -2.30. The molecule has 0 radical (unpaired) electrons. The van der Waals surface area contributed by atoms with Crippen molar-refractivity contribution >= 4 is 135 Å². The van der Waals surface area contributed by atoms with E-state index in [0.717, 1.165) is 189 Å². The lowest BCUT2D eigenvalue weighted by Crippen LogP contribution is -2.41. The van der Waals surface area contributed by atoms with Crippen LogP contribution >= 0.6 is 46.1 Å². The highest BCUT2D eigenvalue weighted by Crippen LogP contribution is 2.48. The Balaban J connectivity index is 0.000000137. The van der Waals surface area contributed by atoms with E-state index in [1.165, 1.54) is 134 Å². The van der Waals surface area contributed by atoms with Crippen LogP contribution in [0, 0.1) is 6.92 Å². The number of amides is 4. The zero-order valence-electron chi connectivity index (χ0n) is 67.3. The second-order valence-electron chi connectivity index (χ2n) is 30.5. The maximum Gasteiger partial charge on any atom is 0.261 e. The van der Waals surface area contributed by atoms with Gasteiger partial charge in [0.15, 0.2) is 0 Å². The average Bonchev–Trinajstić information content (AvgIpc) is 0.726. The van der Waals surface area contributed by atoms with E-state index in [4.69, 9.17) is 23.0 Å². The fraction of sp³-hybridized carbons (Fsp3) is 0.313. The predicted molar refractivity (Wildman–Crippen MR) is 484 cm³/mol. The molecule has 17 heteroatoms. The number of thiophene rings is 2. The molecule has 592 valence electrons. The van der Waals surface area contributed by atoms with Gasteiger partial charge in [-0.3, -0.25) is 29.0 Å². The Kier molecular flexibility index (Phi) is 26.4. The summed E-state index contributed by atoms with van der Waals surface area (Å²) in [5.41, 5.74) is 16.5. The van der Waals surface area contributed by atoms with Gasteiger partial charge in [0.1, 0.15) is 39.3 Å². The summed E-state index contributed by atoms with van der Waals surface area (Å²) in [7, 11) is 0. The number of nitrogens with zero attached hydrogens (tertiary/aromatic N) is 6. The summed E-state index contributed by atoms with van der Waals surface area (Å²) < 4.78 is 36.5. The van der Waals surface area contributed by atoms with Gasteiger partial charge in [-0.25, -0.2) is 0 Å². The number of imide groups is 2. The van der Waals surface area contributed by atoms with Gasteiger partial charge in [0.2, 0.25) is 0 Å². The van der Waals surface area contributed by atoms with Crippen LogP contribution in [0.25, 0.3) is 129 Å². The monoisotopic (exact) mass is 1610 g/mol. The van der Waals surface area contributed by atoms with E-state index in [2.05, 4.69) is 196 Å². The number of carbonyl (C=O) groups excluding carboxylic acids is 4. The highest BCUT2D eigenvalue weighted by Gasteiger charge is 2.37. The molecular weight excluding hydrogens is 1510 g/mol. The molecule has 4 aromatic heterocycles. The van der Waals surface area contributed by atoms with Crippen molar-refractivity contribution in [1.29, 1.82) is 0 Å². The molecule has 0 spiro atoms. The summed E-state index contributed by atoms with van der Waals surface area (Å²) in [5.74, 6) is 1.81. The number of aromatic nitrogens is 4. The number of hydrogen-bond donors (Lipinski definition) is 0. The lowest BCUT2D eigenvalue weighted by molar-refractivity contribution is 0.0592. The van der Waals surface area contributed by atoms with Gasteiger partial charge in [-0.1, -0.05) is 234 Å². The van der Waals surface area contributed by atoms with Gasteiger partial charge >= 0.3 is 0 Å². The summed E-state index contributed by atoms with van der Waals surface area (Å²) in [5, 5.41) is 6.82. The number of carbonyl (C=O) groups is 4. The SMILES string of the molecule is CCCCCCCCOc1ccc(-c2ccc(-c3ccc(OCCCCCCCC)cc3)c3nsnc23)cc1.CCCCCN1C(=O)c2ccc3c4ccc5c6c(ccc(c7ccc(c2c37)C1=O)c64)C(=O)N(CCCCC)C5=O.CCCCOc1ccc(-c2ccc(-c3ccc(-c4ccc(-c5ccc(C)cc5)s4)c4nsnc34)s2)cc1. The summed E-state index contributed by atoms with van der Waals surface area (Å²) in [6.45, 7) is 16.2. The third-order valence-corrected chi connectivity index (χ3v) is 25.8. The summed E-state index contributed by atoms with van der Waals surface area (Å²) >= 11 is 6.14. The quantitative estimate of drug-likeness (QED) is 0.0164. The minimum Gasteiger partial charge on any atom is -0.494 e. The van der Waals surface area contributed by atoms with Crippen LogP contribution in [0.15, 0.2) is 194 Å². The van der Waals surface area contributed by atoms with E-state index in [9.17, 15) is 19.2 Å². The number of benzene rings is 11. The van der Waals surface area contributed by atoms with Crippen molar-refractivity contribution in [2.45, 2.75) is 170 Å². The standard InChI is InChI=1S/C34H30N2O4.C34H44N2O2S.C31H26N2OS3/c1-3-5-7-17-35-31(37)23-13-9-19-21-11-15-25-30-26(34(40)36(33(25)39)18-8-6-4-2)16-12-22(28(21)30)20-10-14-24(32(35)38)29(23)27(19)20;1-3-5-7-9-11-13-25-37-29-19-15-27(16-20-29)31-23-24-32(34-33(31)35-39-36-34)28-17-21-30(22-18-28)38-26-14-12-10-8-6-4-2;1-3-4-19-34-23-11-9-22(10-12-23)27-16-18-29(36-27)25-14-13-24(30-31(25)33-37-32-30)28-17-15-26(35-28)21-7-5-20(2)6-8-21/h9-16H,3-8,17-18H2,1-2H3;15-24H,3-14,25-26H2,1-2H3;5-18H,3-4,19H2,1-2H3.